The van der Waals surface area contributed by atoms with E-state index in [-0.39, 0.29) is 5.82 Å². The van der Waals surface area contributed by atoms with Gasteiger partial charge in [-0.05, 0) is 30.3 Å². The van der Waals surface area contributed by atoms with E-state index in [0.29, 0.717) is 5.52 Å². The van der Waals surface area contributed by atoms with Crippen LogP contribution in [0.1, 0.15) is 0 Å². The average molecular weight is 291 g/mol. The molecule has 0 amide bonds. The van der Waals surface area contributed by atoms with Crippen molar-refractivity contribution >= 4 is 26.8 Å². The third kappa shape index (κ3) is 1.85. The molecule has 0 saturated heterocycles. The number of aromatic amines is 1. The Morgan fingerprint density at radius 2 is 2.00 bits per heavy atom. The molecule has 0 bridgehead atoms. The number of benzene rings is 2. The van der Waals surface area contributed by atoms with Gasteiger partial charge in [0.15, 0.2) is 0 Å². The van der Waals surface area contributed by atoms with Crippen molar-refractivity contribution in [3.63, 3.8) is 0 Å². The van der Waals surface area contributed by atoms with Crippen molar-refractivity contribution in [3.05, 3.63) is 52.8 Å². The van der Waals surface area contributed by atoms with E-state index in [1.54, 1.807) is 6.07 Å². The fraction of sp³-hybridized carbons (Fsp3) is 0. The first kappa shape index (κ1) is 10.5. The van der Waals surface area contributed by atoms with Crippen molar-refractivity contribution in [2.24, 2.45) is 0 Å². The van der Waals surface area contributed by atoms with E-state index in [9.17, 15) is 4.39 Å². The van der Waals surface area contributed by atoms with Crippen LogP contribution in [0, 0.1) is 5.82 Å². The highest BCUT2D eigenvalue weighted by molar-refractivity contribution is 9.10. The van der Waals surface area contributed by atoms with Gasteiger partial charge in [0, 0.05) is 15.4 Å². The van der Waals surface area contributed by atoms with Gasteiger partial charge in [-0.15, -0.1) is 0 Å². The lowest BCUT2D eigenvalue weighted by Gasteiger charge is -1.98. The summed E-state index contributed by atoms with van der Waals surface area (Å²) in [6, 6.07) is 12.5. The first-order valence-corrected chi connectivity index (χ1v) is 5.93. The molecule has 0 unspecified atom stereocenters. The van der Waals surface area contributed by atoms with Crippen LogP contribution >= 0.6 is 15.9 Å². The summed E-state index contributed by atoms with van der Waals surface area (Å²) >= 11 is 3.43. The second kappa shape index (κ2) is 3.96. The van der Waals surface area contributed by atoms with Crippen molar-refractivity contribution in [3.8, 4) is 11.3 Å². The van der Waals surface area contributed by atoms with Crippen molar-refractivity contribution in [1.82, 2.24) is 10.2 Å². The molecule has 0 aliphatic rings. The summed E-state index contributed by atoms with van der Waals surface area (Å²) in [5.41, 5.74) is 2.54. The summed E-state index contributed by atoms with van der Waals surface area (Å²) in [5, 5.41) is 8.00. The summed E-state index contributed by atoms with van der Waals surface area (Å²) < 4.78 is 14.1. The number of hydrogen-bond donors (Lipinski definition) is 1. The van der Waals surface area contributed by atoms with Gasteiger partial charge in [0.25, 0.3) is 0 Å². The zero-order chi connectivity index (χ0) is 11.8. The van der Waals surface area contributed by atoms with Gasteiger partial charge in [0.05, 0.1) is 11.2 Å². The largest absolute Gasteiger partial charge is 0.277 e. The van der Waals surface area contributed by atoms with E-state index in [2.05, 4.69) is 26.1 Å². The van der Waals surface area contributed by atoms with E-state index >= 15 is 0 Å². The predicted molar refractivity (Wildman–Crippen MR) is 69.2 cm³/mol. The van der Waals surface area contributed by atoms with Gasteiger partial charge in [-0.2, -0.15) is 5.10 Å². The Labute approximate surface area is 106 Å². The first-order chi connectivity index (χ1) is 8.24. The lowest BCUT2D eigenvalue weighted by molar-refractivity contribution is 0.629. The zero-order valence-corrected chi connectivity index (χ0v) is 10.3. The Bertz CT molecular complexity index is 691. The average Bonchev–Trinajstić information content (AvgIpc) is 2.71. The highest BCUT2D eigenvalue weighted by Gasteiger charge is 2.08. The van der Waals surface area contributed by atoms with Gasteiger partial charge in [-0.25, -0.2) is 4.39 Å². The van der Waals surface area contributed by atoms with Crippen LogP contribution in [0.3, 0.4) is 0 Å². The predicted octanol–water partition coefficient (Wildman–Crippen LogP) is 4.13. The summed E-state index contributed by atoms with van der Waals surface area (Å²) in [6.45, 7) is 0. The molecular weight excluding hydrogens is 283 g/mol. The molecule has 4 heteroatoms. The number of rotatable bonds is 1. The monoisotopic (exact) mass is 290 g/mol. The van der Waals surface area contributed by atoms with Crippen LogP contribution in [-0.2, 0) is 0 Å². The van der Waals surface area contributed by atoms with Crippen molar-refractivity contribution in [2.45, 2.75) is 0 Å². The van der Waals surface area contributed by atoms with Crippen LogP contribution in [0.2, 0.25) is 0 Å². The molecule has 1 N–H and O–H groups in total. The highest BCUT2D eigenvalue weighted by atomic mass is 79.9. The van der Waals surface area contributed by atoms with E-state index in [4.69, 9.17) is 0 Å². The van der Waals surface area contributed by atoms with Crippen molar-refractivity contribution in [1.29, 1.82) is 0 Å². The van der Waals surface area contributed by atoms with Crippen LogP contribution in [0.5, 0.6) is 0 Å². The number of H-pyrrole nitrogens is 1. The van der Waals surface area contributed by atoms with Gasteiger partial charge in [-0.1, -0.05) is 28.1 Å². The second-order valence-electron chi connectivity index (χ2n) is 3.77. The smallest absolute Gasteiger partial charge is 0.125 e. The van der Waals surface area contributed by atoms with Crippen molar-refractivity contribution in [2.75, 3.05) is 0 Å². The Balaban J connectivity index is 2.24. The Morgan fingerprint density at radius 1 is 1.12 bits per heavy atom. The van der Waals surface area contributed by atoms with Crippen LogP contribution in [0.15, 0.2) is 46.9 Å². The molecule has 0 aliphatic carbocycles. The van der Waals surface area contributed by atoms with Crippen molar-refractivity contribution < 1.29 is 4.39 Å². The molecule has 2 aromatic carbocycles. The number of nitrogens with zero attached hydrogens (tertiary/aromatic N) is 1. The molecule has 0 radical (unpaired) electrons. The molecule has 0 spiro atoms. The minimum absolute atomic E-state index is 0.262. The molecule has 0 aliphatic heterocycles. The highest BCUT2D eigenvalue weighted by Crippen LogP contribution is 2.28. The Hall–Kier alpha value is -1.68. The molecule has 0 atom stereocenters. The van der Waals surface area contributed by atoms with Crippen LogP contribution in [-0.4, -0.2) is 10.2 Å². The fourth-order valence-corrected chi connectivity index (χ4v) is 2.25. The number of halogens is 2. The summed E-state index contributed by atoms with van der Waals surface area (Å²) in [7, 11) is 0. The van der Waals surface area contributed by atoms with E-state index in [1.165, 1.54) is 12.1 Å². The summed E-state index contributed by atoms with van der Waals surface area (Å²) in [5.74, 6) is -0.262. The lowest BCUT2D eigenvalue weighted by Crippen LogP contribution is -1.78. The minimum Gasteiger partial charge on any atom is -0.277 e. The standard InChI is InChI=1S/C13H8BrFN2/c14-9-3-1-2-8(6-9)13-11-5-4-10(15)7-12(11)16-17-13/h1-7H,(H,16,17). The molecule has 0 saturated carbocycles. The SMILES string of the molecule is Fc1ccc2c(-c3cccc(Br)c3)n[nH]c2c1. The Morgan fingerprint density at radius 3 is 2.82 bits per heavy atom. The zero-order valence-electron chi connectivity index (χ0n) is 8.74. The molecule has 84 valence electrons. The van der Waals surface area contributed by atoms with E-state index in [0.717, 1.165) is 21.1 Å². The van der Waals surface area contributed by atoms with Gasteiger partial charge in [0.1, 0.15) is 5.82 Å². The first-order valence-electron chi connectivity index (χ1n) is 5.13. The molecule has 0 fully saturated rings. The van der Waals surface area contributed by atoms with Gasteiger partial charge in [0.2, 0.25) is 0 Å². The van der Waals surface area contributed by atoms with Crippen LogP contribution in [0.25, 0.3) is 22.2 Å². The molecule has 3 aromatic rings. The minimum atomic E-state index is -0.262. The van der Waals surface area contributed by atoms with E-state index in [1.807, 2.05) is 24.3 Å². The number of nitrogens with one attached hydrogen (secondary N) is 1. The maximum Gasteiger partial charge on any atom is 0.125 e. The Kier molecular flexibility index (Phi) is 2.44. The third-order valence-electron chi connectivity index (χ3n) is 2.62. The molecule has 17 heavy (non-hydrogen) atoms. The maximum atomic E-state index is 13.1. The summed E-state index contributed by atoms with van der Waals surface area (Å²) in [6.07, 6.45) is 0. The van der Waals surface area contributed by atoms with Gasteiger partial charge in [-0.3, -0.25) is 5.10 Å². The second-order valence-corrected chi connectivity index (χ2v) is 4.69. The molecule has 3 rings (SSSR count). The molecular formula is C13H8BrFN2. The topological polar surface area (TPSA) is 28.7 Å². The summed E-state index contributed by atoms with van der Waals surface area (Å²) in [4.78, 5) is 0. The molecule has 1 heterocycles. The molecule has 1 aromatic heterocycles. The number of aromatic nitrogens is 2. The quantitative estimate of drug-likeness (QED) is 0.717. The third-order valence-corrected chi connectivity index (χ3v) is 3.12. The fourth-order valence-electron chi connectivity index (χ4n) is 1.85. The van der Waals surface area contributed by atoms with Gasteiger partial charge < -0.3 is 0 Å². The van der Waals surface area contributed by atoms with Crippen LogP contribution in [0.4, 0.5) is 4.39 Å². The number of fused-ring (bicyclic) bond motifs is 1. The lowest BCUT2D eigenvalue weighted by atomic mass is 10.1. The molecule has 2 nitrogen and oxygen atoms in total. The maximum absolute atomic E-state index is 13.1. The normalized spacial score (nSPS) is 10.9. The number of hydrogen-bond acceptors (Lipinski definition) is 1. The van der Waals surface area contributed by atoms with E-state index < -0.39 is 0 Å². The van der Waals surface area contributed by atoms with Gasteiger partial charge >= 0.3 is 0 Å². The van der Waals surface area contributed by atoms with Crippen LogP contribution < -0.4 is 0 Å².